The van der Waals surface area contributed by atoms with Crippen LogP contribution in [0, 0.1) is 0 Å². The Labute approximate surface area is 149 Å². The van der Waals surface area contributed by atoms with E-state index in [0.29, 0.717) is 17.0 Å². The van der Waals surface area contributed by atoms with Gasteiger partial charge >= 0.3 is 5.69 Å². The van der Waals surface area contributed by atoms with E-state index in [-0.39, 0.29) is 10.3 Å². The van der Waals surface area contributed by atoms with Gasteiger partial charge in [-0.3, -0.25) is 18.7 Å². The zero-order valence-corrected chi connectivity index (χ0v) is 15.2. The molecule has 9 heteroatoms. The van der Waals surface area contributed by atoms with Gasteiger partial charge < -0.3 is 4.74 Å². The molecule has 26 heavy (non-hydrogen) atoms. The third-order valence-electron chi connectivity index (χ3n) is 4.09. The third-order valence-corrected chi connectivity index (χ3v) is 5.47. The van der Waals surface area contributed by atoms with Gasteiger partial charge in [0.1, 0.15) is 5.75 Å². The van der Waals surface area contributed by atoms with Crippen molar-refractivity contribution in [3.8, 4) is 5.75 Å². The minimum atomic E-state index is -3.90. The van der Waals surface area contributed by atoms with E-state index in [4.69, 9.17) is 4.74 Å². The lowest BCUT2D eigenvalue weighted by Crippen LogP contribution is -2.37. The van der Waals surface area contributed by atoms with Gasteiger partial charge in [-0.05, 0) is 42.5 Å². The number of fused-ring (bicyclic) bond motifs is 1. The molecule has 0 saturated carbocycles. The smallest absolute Gasteiger partial charge is 0.330 e. The van der Waals surface area contributed by atoms with E-state index in [1.807, 2.05) is 0 Å². The second-order valence-electron chi connectivity index (χ2n) is 5.72. The highest BCUT2D eigenvalue weighted by atomic mass is 32.2. The molecule has 0 bridgehead atoms. The van der Waals surface area contributed by atoms with Crippen molar-refractivity contribution in [1.82, 2.24) is 9.13 Å². The summed E-state index contributed by atoms with van der Waals surface area (Å²) in [5.74, 6) is 0.600. The van der Waals surface area contributed by atoms with Crippen LogP contribution in [0.2, 0.25) is 0 Å². The van der Waals surface area contributed by atoms with Gasteiger partial charge in [0, 0.05) is 19.8 Å². The van der Waals surface area contributed by atoms with Crippen molar-refractivity contribution in [2.24, 2.45) is 14.1 Å². The Hall–Kier alpha value is -3.07. The maximum atomic E-state index is 12.6. The number of rotatable bonds is 4. The quantitative estimate of drug-likeness (QED) is 0.735. The van der Waals surface area contributed by atoms with Gasteiger partial charge in [-0.25, -0.2) is 13.2 Å². The molecule has 1 heterocycles. The summed E-state index contributed by atoms with van der Waals surface area (Å²) in [5, 5.41) is 0.146. The summed E-state index contributed by atoms with van der Waals surface area (Å²) in [6.07, 6.45) is 0. The molecule has 1 aromatic heterocycles. The highest BCUT2D eigenvalue weighted by Crippen LogP contribution is 2.21. The molecule has 1 N–H and O–H groups in total. The Morgan fingerprint density at radius 2 is 1.62 bits per heavy atom. The first-order valence-electron chi connectivity index (χ1n) is 7.61. The fourth-order valence-electron chi connectivity index (χ4n) is 2.61. The standard InChI is InChI=1S/C17H17N3O5S/c1-19-15-9-8-13(10-14(15)16(21)20(2)17(19)22)26(23,24)18-11-4-6-12(25-3)7-5-11/h4-10,18H,1-3H3. The Morgan fingerprint density at radius 1 is 0.962 bits per heavy atom. The van der Waals surface area contributed by atoms with Crippen LogP contribution >= 0.6 is 0 Å². The van der Waals surface area contributed by atoms with Crippen molar-refractivity contribution in [3.63, 3.8) is 0 Å². The van der Waals surface area contributed by atoms with E-state index >= 15 is 0 Å². The van der Waals surface area contributed by atoms with Gasteiger partial charge in [0.15, 0.2) is 0 Å². The second-order valence-corrected chi connectivity index (χ2v) is 7.40. The average molecular weight is 375 g/mol. The number of aromatic nitrogens is 2. The van der Waals surface area contributed by atoms with Crippen LogP contribution in [-0.4, -0.2) is 24.7 Å². The van der Waals surface area contributed by atoms with Gasteiger partial charge in [-0.2, -0.15) is 0 Å². The summed E-state index contributed by atoms with van der Waals surface area (Å²) in [6, 6.07) is 10.5. The number of hydrogen-bond donors (Lipinski definition) is 1. The summed E-state index contributed by atoms with van der Waals surface area (Å²) in [5.41, 5.74) is -0.306. The first-order chi connectivity index (χ1) is 12.2. The first kappa shape index (κ1) is 17.7. The van der Waals surface area contributed by atoms with E-state index in [9.17, 15) is 18.0 Å². The van der Waals surface area contributed by atoms with Crippen molar-refractivity contribution >= 4 is 26.6 Å². The minimum absolute atomic E-state index is 0.0726. The normalized spacial score (nSPS) is 11.5. The molecule has 0 spiro atoms. The fraction of sp³-hybridized carbons (Fsp3) is 0.176. The molecule has 0 aliphatic rings. The molecule has 2 aromatic carbocycles. The molecule has 0 aliphatic heterocycles. The van der Waals surface area contributed by atoms with Gasteiger partial charge in [0.05, 0.1) is 22.9 Å². The van der Waals surface area contributed by atoms with E-state index in [0.717, 1.165) is 4.57 Å². The topological polar surface area (TPSA) is 99.4 Å². The molecule has 0 atom stereocenters. The SMILES string of the molecule is COc1ccc(NS(=O)(=O)c2ccc3c(c2)c(=O)n(C)c(=O)n3C)cc1. The third kappa shape index (κ3) is 2.97. The maximum absolute atomic E-state index is 12.6. The number of anilines is 1. The molecule has 3 rings (SSSR count). The van der Waals surface area contributed by atoms with Gasteiger partial charge in [0.25, 0.3) is 15.6 Å². The first-order valence-corrected chi connectivity index (χ1v) is 9.09. The second kappa shape index (κ2) is 6.34. The number of ether oxygens (including phenoxy) is 1. The van der Waals surface area contributed by atoms with E-state index in [1.54, 1.807) is 24.3 Å². The number of benzene rings is 2. The van der Waals surface area contributed by atoms with Crippen molar-refractivity contribution in [2.45, 2.75) is 4.90 Å². The number of hydrogen-bond acceptors (Lipinski definition) is 5. The molecular weight excluding hydrogens is 358 g/mol. The molecule has 136 valence electrons. The summed E-state index contributed by atoms with van der Waals surface area (Å²) in [4.78, 5) is 24.2. The lowest BCUT2D eigenvalue weighted by Gasteiger charge is -2.11. The molecule has 0 amide bonds. The van der Waals surface area contributed by atoms with E-state index in [2.05, 4.69) is 4.72 Å². The molecular formula is C17H17N3O5S. The Balaban J connectivity index is 2.09. The number of sulfonamides is 1. The van der Waals surface area contributed by atoms with Crippen LogP contribution in [0.25, 0.3) is 10.9 Å². The van der Waals surface area contributed by atoms with Crippen LogP contribution in [0.4, 0.5) is 5.69 Å². The summed E-state index contributed by atoms with van der Waals surface area (Å²) < 4.78 is 35.0. The highest BCUT2D eigenvalue weighted by molar-refractivity contribution is 7.92. The molecule has 0 radical (unpaired) electrons. The molecule has 0 unspecified atom stereocenters. The van der Waals surface area contributed by atoms with Crippen LogP contribution < -0.4 is 20.7 Å². The largest absolute Gasteiger partial charge is 0.497 e. The lowest BCUT2D eigenvalue weighted by molar-refractivity contribution is 0.415. The Kier molecular flexibility index (Phi) is 4.33. The van der Waals surface area contributed by atoms with Crippen LogP contribution in [0.3, 0.4) is 0 Å². The van der Waals surface area contributed by atoms with Crippen molar-refractivity contribution in [1.29, 1.82) is 0 Å². The van der Waals surface area contributed by atoms with Crippen LogP contribution in [-0.2, 0) is 24.1 Å². The summed E-state index contributed by atoms with van der Waals surface area (Å²) in [7, 11) is 0.482. The van der Waals surface area contributed by atoms with Crippen LogP contribution in [0.1, 0.15) is 0 Å². The molecule has 0 fully saturated rings. The maximum Gasteiger partial charge on any atom is 0.330 e. The van der Waals surface area contributed by atoms with Crippen LogP contribution in [0.5, 0.6) is 5.75 Å². The predicted octanol–water partition coefficient (Wildman–Crippen LogP) is 1.05. The molecule has 8 nitrogen and oxygen atoms in total. The van der Waals surface area contributed by atoms with Gasteiger partial charge in [-0.15, -0.1) is 0 Å². The predicted molar refractivity (Wildman–Crippen MR) is 98.2 cm³/mol. The summed E-state index contributed by atoms with van der Waals surface area (Å²) in [6.45, 7) is 0. The van der Waals surface area contributed by atoms with E-state index in [1.165, 1.54) is 44.0 Å². The zero-order valence-electron chi connectivity index (χ0n) is 14.4. The minimum Gasteiger partial charge on any atom is -0.497 e. The van der Waals surface area contributed by atoms with Crippen molar-refractivity contribution in [3.05, 3.63) is 63.3 Å². The Morgan fingerprint density at radius 3 is 2.23 bits per heavy atom. The van der Waals surface area contributed by atoms with Gasteiger partial charge in [0.2, 0.25) is 0 Å². The number of nitrogens with zero attached hydrogens (tertiary/aromatic N) is 2. The van der Waals surface area contributed by atoms with Crippen molar-refractivity contribution < 1.29 is 13.2 Å². The van der Waals surface area contributed by atoms with Crippen molar-refractivity contribution in [2.75, 3.05) is 11.8 Å². The van der Waals surface area contributed by atoms with Crippen LogP contribution in [0.15, 0.2) is 56.9 Å². The average Bonchev–Trinajstić information content (AvgIpc) is 2.64. The summed E-state index contributed by atoms with van der Waals surface area (Å²) >= 11 is 0. The molecule has 0 aliphatic carbocycles. The zero-order chi connectivity index (χ0) is 19.1. The molecule has 0 saturated heterocycles. The number of aryl methyl sites for hydroxylation is 1. The lowest BCUT2D eigenvalue weighted by atomic mass is 10.2. The monoisotopic (exact) mass is 375 g/mol. The van der Waals surface area contributed by atoms with E-state index < -0.39 is 21.3 Å². The fourth-order valence-corrected chi connectivity index (χ4v) is 3.70. The number of nitrogens with one attached hydrogen (secondary N) is 1. The van der Waals surface area contributed by atoms with Gasteiger partial charge in [-0.1, -0.05) is 0 Å². The highest BCUT2D eigenvalue weighted by Gasteiger charge is 2.17. The Bertz CT molecular complexity index is 1210. The number of methoxy groups -OCH3 is 1. The molecule has 3 aromatic rings.